The first-order valence-electron chi connectivity index (χ1n) is 8.31. The molecule has 1 aromatic heterocycles. The molecule has 6 nitrogen and oxygen atoms in total. The van der Waals surface area contributed by atoms with Crippen molar-refractivity contribution in [1.29, 1.82) is 0 Å². The summed E-state index contributed by atoms with van der Waals surface area (Å²) in [6.07, 6.45) is 1.20. The Kier molecular flexibility index (Phi) is 5.06. The van der Waals surface area contributed by atoms with Crippen molar-refractivity contribution >= 4 is 11.4 Å². The Morgan fingerprint density at radius 1 is 1.23 bits per heavy atom. The summed E-state index contributed by atoms with van der Waals surface area (Å²) >= 11 is 0. The molecule has 0 amide bonds. The molecule has 0 spiro atoms. The molecule has 0 unspecified atom stereocenters. The minimum absolute atomic E-state index is 0.281. The van der Waals surface area contributed by atoms with Gasteiger partial charge in [0.25, 0.3) is 5.89 Å². The van der Waals surface area contributed by atoms with Crippen LogP contribution in [0.5, 0.6) is 5.75 Å². The number of benzene rings is 2. The fraction of sp³-hybridized carbons (Fsp3) is 0.263. The lowest BCUT2D eigenvalue weighted by molar-refractivity contribution is 0.416. The van der Waals surface area contributed by atoms with Gasteiger partial charge < -0.3 is 20.2 Å². The maximum absolute atomic E-state index is 13.0. The van der Waals surface area contributed by atoms with Crippen molar-refractivity contribution < 1.29 is 13.5 Å². The summed E-state index contributed by atoms with van der Waals surface area (Å²) in [5.74, 6) is 0.978. The number of hydrogen-bond acceptors (Lipinski definition) is 6. The zero-order chi connectivity index (χ0) is 18.7. The minimum atomic E-state index is -0.281. The fourth-order valence-corrected chi connectivity index (χ4v) is 2.91. The van der Waals surface area contributed by atoms with E-state index < -0.39 is 0 Å². The number of hydrogen-bond donors (Lipinski definition) is 2. The number of rotatable bonds is 6. The molecule has 0 bridgehead atoms. The molecule has 0 fully saturated rings. The predicted octanol–water partition coefficient (Wildman–Crippen LogP) is 3.66. The van der Waals surface area contributed by atoms with Gasteiger partial charge in [-0.2, -0.15) is 0 Å². The highest BCUT2D eigenvalue weighted by molar-refractivity contribution is 5.85. The summed E-state index contributed by atoms with van der Waals surface area (Å²) in [6, 6.07) is 8.13. The van der Waals surface area contributed by atoms with Crippen molar-refractivity contribution in [2.24, 2.45) is 0 Å². The Hall–Kier alpha value is -3.09. The van der Waals surface area contributed by atoms with Crippen LogP contribution in [0.3, 0.4) is 0 Å². The van der Waals surface area contributed by atoms with E-state index in [9.17, 15) is 4.39 Å². The maximum Gasteiger partial charge on any atom is 0.251 e. The average molecular weight is 356 g/mol. The highest BCUT2D eigenvalue weighted by Crippen LogP contribution is 2.41. The van der Waals surface area contributed by atoms with Crippen LogP contribution >= 0.6 is 0 Å². The molecule has 3 aromatic rings. The Bertz CT molecular complexity index is 907. The van der Waals surface area contributed by atoms with Crippen molar-refractivity contribution in [3.63, 3.8) is 0 Å². The zero-order valence-electron chi connectivity index (χ0n) is 15.0. The molecule has 2 aromatic carbocycles. The number of anilines is 2. The van der Waals surface area contributed by atoms with Gasteiger partial charge in [-0.1, -0.05) is 19.1 Å². The van der Waals surface area contributed by atoms with Crippen molar-refractivity contribution in [1.82, 2.24) is 10.2 Å². The van der Waals surface area contributed by atoms with Gasteiger partial charge in [0.05, 0.1) is 30.5 Å². The highest BCUT2D eigenvalue weighted by Gasteiger charge is 2.20. The normalized spacial score (nSPS) is 10.8. The third-order valence-corrected chi connectivity index (χ3v) is 4.20. The van der Waals surface area contributed by atoms with Crippen LogP contribution in [0.4, 0.5) is 15.8 Å². The van der Waals surface area contributed by atoms with Gasteiger partial charge in [-0.15, -0.1) is 10.2 Å². The number of aromatic nitrogens is 2. The molecule has 0 atom stereocenters. The fourth-order valence-electron chi connectivity index (χ4n) is 2.91. The lowest BCUT2D eigenvalue weighted by atomic mass is 10.0. The van der Waals surface area contributed by atoms with E-state index in [1.807, 2.05) is 20.0 Å². The summed E-state index contributed by atoms with van der Waals surface area (Å²) < 4.78 is 24.3. The highest BCUT2D eigenvalue weighted by atomic mass is 19.1. The van der Waals surface area contributed by atoms with Gasteiger partial charge in [-0.05, 0) is 35.7 Å². The van der Waals surface area contributed by atoms with E-state index in [-0.39, 0.29) is 5.82 Å². The largest absolute Gasteiger partial charge is 0.494 e. The SMILES string of the molecule is CCc1cc(-c2nnc(Cc3ccc(F)cc3)o2)c(OC)c(N)c1NC. The second-order valence-corrected chi connectivity index (χ2v) is 5.81. The monoisotopic (exact) mass is 356 g/mol. The molecule has 3 N–H and O–H groups in total. The summed E-state index contributed by atoms with van der Waals surface area (Å²) in [5, 5.41) is 11.3. The molecule has 0 radical (unpaired) electrons. The van der Waals surface area contributed by atoms with E-state index in [1.54, 1.807) is 19.2 Å². The molecule has 0 aliphatic heterocycles. The van der Waals surface area contributed by atoms with Crippen molar-refractivity contribution in [2.75, 3.05) is 25.2 Å². The number of ether oxygens (including phenoxy) is 1. The molecular formula is C19H21FN4O2. The lowest BCUT2D eigenvalue weighted by Gasteiger charge is -2.16. The number of halogens is 1. The molecule has 3 rings (SSSR count). The molecule has 0 aliphatic rings. The Morgan fingerprint density at radius 2 is 1.96 bits per heavy atom. The van der Waals surface area contributed by atoms with Gasteiger partial charge in [0.1, 0.15) is 5.82 Å². The third kappa shape index (κ3) is 3.33. The Balaban J connectivity index is 1.98. The van der Waals surface area contributed by atoms with Gasteiger partial charge in [0.2, 0.25) is 5.89 Å². The summed E-state index contributed by atoms with van der Waals surface area (Å²) in [5.41, 5.74) is 10.1. The Morgan fingerprint density at radius 3 is 2.58 bits per heavy atom. The van der Waals surface area contributed by atoms with Gasteiger partial charge in [-0.25, -0.2) is 4.39 Å². The summed E-state index contributed by atoms with van der Waals surface area (Å²) in [6.45, 7) is 2.04. The molecule has 0 saturated carbocycles. The van der Waals surface area contributed by atoms with Crippen LogP contribution in [0, 0.1) is 5.82 Å². The zero-order valence-corrected chi connectivity index (χ0v) is 15.0. The molecule has 0 aliphatic carbocycles. The molecule has 0 saturated heterocycles. The van der Waals surface area contributed by atoms with E-state index in [2.05, 4.69) is 15.5 Å². The van der Waals surface area contributed by atoms with E-state index in [0.29, 0.717) is 35.2 Å². The van der Waals surface area contributed by atoms with E-state index in [4.69, 9.17) is 14.9 Å². The van der Waals surface area contributed by atoms with Crippen molar-refractivity contribution in [2.45, 2.75) is 19.8 Å². The van der Waals surface area contributed by atoms with E-state index >= 15 is 0 Å². The van der Waals surface area contributed by atoms with Crippen LogP contribution in [0.25, 0.3) is 11.5 Å². The van der Waals surface area contributed by atoms with Crippen LogP contribution in [0.2, 0.25) is 0 Å². The van der Waals surface area contributed by atoms with Crippen LogP contribution in [0.15, 0.2) is 34.7 Å². The van der Waals surface area contributed by atoms with Gasteiger partial charge >= 0.3 is 0 Å². The maximum atomic E-state index is 13.0. The van der Waals surface area contributed by atoms with Crippen LogP contribution in [0.1, 0.15) is 23.9 Å². The van der Waals surface area contributed by atoms with Gasteiger partial charge in [-0.3, -0.25) is 0 Å². The van der Waals surface area contributed by atoms with Gasteiger partial charge in [0.15, 0.2) is 5.75 Å². The first kappa shape index (κ1) is 17.7. The number of nitrogens with two attached hydrogens (primary N) is 1. The standard InChI is InChI=1S/C19H21FN4O2/c1-4-12-10-14(18(25-3)16(21)17(12)22-2)19-24-23-15(26-19)9-11-5-7-13(20)8-6-11/h5-8,10,22H,4,9,21H2,1-3H3. The van der Waals surface area contributed by atoms with Crippen LogP contribution in [-0.2, 0) is 12.8 Å². The molecular weight excluding hydrogens is 335 g/mol. The number of nitrogen functional groups attached to an aromatic ring is 1. The van der Waals surface area contributed by atoms with E-state index in [1.165, 1.54) is 12.1 Å². The predicted molar refractivity (Wildman–Crippen MR) is 98.8 cm³/mol. The average Bonchev–Trinajstić information content (AvgIpc) is 3.11. The first-order chi connectivity index (χ1) is 12.6. The van der Waals surface area contributed by atoms with E-state index in [0.717, 1.165) is 23.2 Å². The lowest BCUT2D eigenvalue weighted by Crippen LogP contribution is -2.04. The van der Waals surface area contributed by atoms with Crippen LogP contribution in [-0.4, -0.2) is 24.4 Å². The van der Waals surface area contributed by atoms with Crippen LogP contribution < -0.4 is 15.8 Å². The van der Waals surface area contributed by atoms with Gasteiger partial charge in [0, 0.05) is 7.05 Å². The first-order valence-corrected chi connectivity index (χ1v) is 8.31. The van der Waals surface area contributed by atoms with Crippen molar-refractivity contribution in [3.8, 4) is 17.2 Å². The minimum Gasteiger partial charge on any atom is -0.494 e. The smallest absolute Gasteiger partial charge is 0.251 e. The number of nitrogens with one attached hydrogen (secondary N) is 1. The summed E-state index contributed by atoms with van der Waals surface area (Å²) in [4.78, 5) is 0. The molecule has 1 heterocycles. The van der Waals surface area contributed by atoms with Crippen molar-refractivity contribution in [3.05, 3.63) is 53.2 Å². The summed E-state index contributed by atoms with van der Waals surface area (Å²) in [7, 11) is 3.37. The molecule has 136 valence electrons. The number of nitrogens with zero attached hydrogens (tertiary/aromatic N) is 2. The topological polar surface area (TPSA) is 86.2 Å². The molecule has 26 heavy (non-hydrogen) atoms. The quantitative estimate of drug-likeness (QED) is 0.656. The third-order valence-electron chi connectivity index (χ3n) is 4.20. The molecule has 7 heteroatoms. The second kappa shape index (κ2) is 7.43. The number of aryl methyl sites for hydroxylation is 1. The second-order valence-electron chi connectivity index (χ2n) is 5.81. The Labute approximate surface area is 151 Å². The number of methoxy groups -OCH3 is 1.